The van der Waals surface area contributed by atoms with Crippen LogP contribution in [0.5, 0.6) is 11.5 Å². The Labute approximate surface area is 257 Å². The molecule has 0 radical (unpaired) electrons. The molecule has 4 heteroatoms. The largest absolute Gasteiger partial charge is 0.427 e. The number of rotatable bonds is 12. The van der Waals surface area contributed by atoms with Crippen molar-refractivity contribution in [3.8, 4) is 11.5 Å². The van der Waals surface area contributed by atoms with Crippen molar-refractivity contribution < 1.29 is 19.1 Å². The molecule has 6 unspecified atom stereocenters. The first-order valence-electron chi connectivity index (χ1n) is 17.5. The fourth-order valence-corrected chi connectivity index (χ4v) is 12.5. The fraction of sp³-hybridized carbons (Fsp3) is 0.641. The summed E-state index contributed by atoms with van der Waals surface area (Å²) < 4.78 is 11.4. The van der Waals surface area contributed by atoms with Gasteiger partial charge in [-0.3, -0.25) is 9.59 Å². The van der Waals surface area contributed by atoms with Crippen LogP contribution in [0.25, 0.3) is 0 Å². The molecule has 0 aromatic heterocycles. The van der Waals surface area contributed by atoms with Crippen LogP contribution in [-0.4, -0.2) is 11.9 Å². The molecule has 0 heterocycles. The molecule has 0 N–H and O–H groups in total. The van der Waals surface area contributed by atoms with E-state index in [1.54, 1.807) is 0 Å². The molecular weight excluding hydrogens is 532 g/mol. The number of ether oxygens (including phenoxy) is 2. The molecule has 43 heavy (non-hydrogen) atoms. The average molecular weight is 581 g/mol. The van der Waals surface area contributed by atoms with Gasteiger partial charge in [0.2, 0.25) is 0 Å². The summed E-state index contributed by atoms with van der Waals surface area (Å²) in [6.45, 7) is 4.31. The van der Waals surface area contributed by atoms with E-state index in [0.717, 1.165) is 62.2 Å². The third-order valence-electron chi connectivity index (χ3n) is 13.7. The maximum absolute atomic E-state index is 12.3. The Hall–Kier alpha value is -2.62. The monoisotopic (exact) mass is 580 g/mol. The highest BCUT2D eigenvalue weighted by atomic mass is 16.5. The molecule has 9 fully saturated rings. The van der Waals surface area contributed by atoms with Gasteiger partial charge in [0.1, 0.15) is 11.5 Å². The first-order valence-corrected chi connectivity index (χ1v) is 17.5. The van der Waals surface area contributed by atoms with Crippen LogP contribution in [-0.2, 0) is 20.4 Å². The summed E-state index contributed by atoms with van der Waals surface area (Å²) in [5, 5.41) is 0. The van der Waals surface area contributed by atoms with Crippen molar-refractivity contribution >= 4 is 11.9 Å². The van der Waals surface area contributed by atoms with Gasteiger partial charge in [-0.05, 0) is 139 Å². The smallest absolute Gasteiger partial charge is 0.311 e. The lowest BCUT2D eigenvalue weighted by molar-refractivity contribution is -0.398. The first kappa shape index (κ1) is 27.9. The van der Waals surface area contributed by atoms with Crippen molar-refractivity contribution in [3.05, 3.63) is 59.7 Å². The highest BCUT2D eigenvalue weighted by molar-refractivity contribution is 5.72. The Morgan fingerprint density at radius 2 is 1.12 bits per heavy atom. The molecule has 228 valence electrons. The lowest BCUT2D eigenvalue weighted by atomic mass is 9.13. The molecule has 8 atom stereocenters. The van der Waals surface area contributed by atoms with Crippen LogP contribution in [0, 0.1) is 34.5 Å². The Balaban J connectivity index is 0.977. The topological polar surface area (TPSA) is 52.6 Å². The third-order valence-corrected chi connectivity index (χ3v) is 13.7. The lowest BCUT2D eigenvalue weighted by Crippen LogP contribution is -2.85. The standard InChI is InChI=1S/C39H48O4/c1-3-5-7-9-34(40)42-28-15-11-26(12-16-28)36-20-31-30-19-37(23-38(31)25-39(24-37,32(30)21-36)33(38)22-36)27-13-17-29(18-14-27)43-35(41)10-8-6-4-2/h11-18,30-33H,3-10,19-25H2,1-2H3/t30?,31-,32+,33?,36?,37?,38?,39?. The number of esters is 2. The van der Waals surface area contributed by atoms with Gasteiger partial charge in [0.05, 0.1) is 0 Å². The summed E-state index contributed by atoms with van der Waals surface area (Å²) in [5.74, 6) is 4.66. The molecule has 2 spiro atoms. The quantitative estimate of drug-likeness (QED) is 0.143. The van der Waals surface area contributed by atoms with Crippen molar-refractivity contribution in [2.24, 2.45) is 34.5 Å². The molecule has 4 nitrogen and oxygen atoms in total. The van der Waals surface area contributed by atoms with Crippen LogP contribution in [0.2, 0.25) is 0 Å². The molecule has 8 bridgehead atoms. The van der Waals surface area contributed by atoms with E-state index in [2.05, 4.69) is 62.4 Å². The Morgan fingerprint density at radius 1 is 0.628 bits per heavy atom. The predicted octanol–water partition coefficient (Wildman–Crippen LogP) is 9.08. The Bertz CT molecular complexity index is 1360. The van der Waals surface area contributed by atoms with E-state index in [0.29, 0.717) is 46.0 Å². The minimum absolute atomic E-state index is 0.102. The number of hydrogen-bond donors (Lipinski definition) is 0. The summed E-state index contributed by atoms with van der Waals surface area (Å²) in [5.41, 5.74) is 4.70. The van der Waals surface area contributed by atoms with Gasteiger partial charge in [0.25, 0.3) is 0 Å². The normalized spacial score (nSPS) is 38.7. The second kappa shape index (κ2) is 9.94. The summed E-state index contributed by atoms with van der Waals surface area (Å²) >= 11 is 0. The molecule has 0 aliphatic heterocycles. The van der Waals surface area contributed by atoms with Crippen LogP contribution in [0.3, 0.4) is 0 Å². The van der Waals surface area contributed by atoms with Crippen molar-refractivity contribution in [2.45, 2.75) is 121 Å². The van der Waals surface area contributed by atoms with Gasteiger partial charge in [-0.1, -0.05) is 63.8 Å². The molecule has 9 aliphatic rings. The second-order valence-electron chi connectivity index (χ2n) is 15.7. The molecule has 9 aliphatic carbocycles. The number of carbonyl (C=O) groups excluding carboxylic acids is 2. The van der Waals surface area contributed by atoms with E-state index in [4.69, 9.17) is 9.47 Å². The molecular formula is C39H48O4. The van der Waals surface area contributed by atoms with E-state index in [-0.39, 0.29) is 11.9 Å². The molecule has 0 amide bonds. The molecule has 0 saturated heterocycles. The highest BCUT2D eigenvalue weighted by Crippen LogP contribution is 2.93. The van der Waals surface area contributed by atoms with Crippen LogP contribution in [0.4, 0.5) is 0 Å². The van der Waals surface area contributed by atoms with Gasteiger partial charge >= 0.3 is 11.9 Å². The van der Waals surface area contributed by atoms with E-state index in [9.17, 15) is 9.59 Å². The van der Waals surface area contributed by atoms with Gasteiger partial charge in [0.15, 0.2) is 0 Å². The zero-order valence-corrected chi connectivity index (χ0v) is 26.2. The second-order valence-corrected chi connectivity index (χ2v) is 15.7. The minimum atomic E-state index is -0.103. The van der Waals surface area contributed by atoms with Crippen LogP contribution in [0.15, 0.2) is 48.5 Å². The number of unbranched alkanes of at least 4 members (excludes halogenated alkanes) is 4. The molecule has 2 aromatic carbocycles. The van der Waals surface area contributed by atoms with Crippen molar-refractivity contribution in [1.82, 2.24) is 0 Å². The average Bonchev–Trinajstić information content (AvgIpc) is 3.00. The van der Waals surface area contributed by atoms with Crippen LogP contribution in [0.1, 0.15) is 121 Å². The SMILES string of the molecule is CCCCCC(=O)Oc1ccc(C23CC4C56CC7(c8ccc(OC(=O)CCCCC)cc8)CC([C@H]5C2)[C@H](C3)C4(C7)C6)cc1. The van der Waals surface area contributed by atoms with Gasteiger partial charge in [-0.15, -0.1) is 0 Å². The number of benzene rings is 2. The maximum Gasteiger partial charge on any atom is 0.311 e. The van der Waals surface area contributed by atoms with Gasteiger partial charge < -0.3 is 9.47 Å². The predicted molar refractivity (Wildman–Crippen MR) is 167 cm³/mol. The molecule has 2 aromatic rings. The van der Waals surface area contributed by atoms with E-state index in [1.807, 2.05) is 0 Å². The fourth-order valence-electron chi connectivity index (χ4n) is 12.5. The summed E-state index contributed by atoms with van der Waals surface area (Å²) in [6, 6.07) is 17.4. The van der Waals surface area contributed by atoms with Gasteiger partial charge in [-0.2, -0.15) is 0 Å². The summed E-state index contributed by atoms with van der Waals surface area (Å²) in [6.07, 6.45) is 16.8. The van der Waals surface area contributed by atoms with Crippen LogP contribution >= 0.6 is 0 Å². The van der Waals surface area contributed by atoms with Gasteiger partial charge in [-0.25, -0.2) is 0 Å². The summed E-state index contributed by atoms with van der Waals surface area (Å²) in [7, 11) is 0. The van der Waals surface area contributed by atoms with Crippen molar-refractivity contribution in [2.75, 3.05) is 0 Å². The van der Waals surface area contributed by atoms with Crippen molar-refractivity contribution in [1.29, 1.82) is 0 Å². The van der Waals surface area contributed by atoms with E-state index in [1.165, 1.54) is 56.1 Å². The zero-order chi connectivity index (χ0) is 29.5. The maximum atomic E-state index is 12.3. The lowest BCUT2D eigenvalue weighted by Gasteiger charge is -2.91. The van der Waals surface area contributed by atoms with E-state index < -0.39 is 0 Å². The third kappa shape index (κ3) is 3.99. The first-order chi connectivity index (χ1) is 20.9. The van der Waals surface area contributed by atoms with E-state index >= 15 is 0 Å². The number of carbonyl (C=O) groups is 2. The zero-order valence-electron chi connectivity index (χ0n) is 26.2. The number of hydrogen-bond acceptors (Lipinski definition) is 4. The van der Waals surface area contributed by atoms with Crippen molar-refractivity contribution in [3.63, 3.8) is 0 Å². The van der Waals surface area contributed by atoms with Gasteiger partial charge in [0, 0.05) is 12.8 Å². The molecule has 11 rings (SSSR count). The molecule has 9 saturated carbocycles. The Morgan fingerprint density at radius 3 is 1.60 bits per heavy atom. The van der Waals surface area contributed by atoms with Crippen LogP contribution < -0.4 is 9.47 Å². The minimum Gasteiger partial charge on any atom is -0.427 e. The Kier molecular flexibility index (Phi) is 6.45. The highest BCUT2D eigenvalue weighted by Gasteiger charge is 2.86. The summed E-state index contributed by atoms with van der Waals surface area (Å²) in [4.78, 5) is 24.6.